The lowest BCUT2D eigenvalue weighted by molar-refractivity contribution is 0.485. The molecule has 1 N–H and O–H groups in total. The third-order valence-electron chi connectivity index (χ3n) is 2.99. The number of nitrogens with one attached hydrogen (secondary N) is 1. The number of benzene rings is 2. The van der Waals surface area contributed by atoms with E-state index in [1.165, 1.54) is 0 Å². The molecule has 3 rings (SSSR count). The lowest BCUT2D eigenvalue weighted by Crippen LogP contribution is -2.06. The highest BCUT2D eigenvalue weighted by Crippen LogP contribution is 2.22. The molecule has 1 heterocycles. The van der Waals surface area contributed by atoms with Gasteiger partial charge in [-0.2, -0.15) is 0 Å². The number of aromatic nitrogens is 2. The number of hydrogen-bond acceptors (Lipinski definition) is 4. The van der Waals surface area contributed by atoms with Crippen LogP contribution in [0.5, 0.6) is 0 Å². The maximum Gasteiger partial charge on any atom is 0.247 e. The molecule has 0 aliphatic rings. The minimum absolute atomic E-state index is 0.0395. The summed E-state index contributed by atoms with van der Waals surface area (Å²) in [5.41, 5.74) is 1.96. The van der Waals surface area contributed by atoms with Gasteiger partial charge in [0.15, 0.2) is 0 Å². The zero-order valence-corrected chi connectivity index (χ0v) is 11.2. The van der Waals surface area contributed by atoms with Gasteiger partial charge in [0.1, 0.15) is 6.04 Å². The number of para-hydroxylation sites is 1. The van der Waals surface area contributed by atoms with Crippen molar-refractivity contribution in [3.05, 3.63) is 66.6 Å². The van der Waals surface area contributed by atoms with Crippen LogP contribution in [-0.2, 0) is 0 Å². The molecule has 0 aliphatic heterocycles. The maximum atomic E-state index is 5.72. The second-order valence-corrected chi connectivity index (χ2v) is 4.54. The van der Waals surface area contributed by atoms with Crippen molar-refractivity contribution in [2.45, 2.75) is 13.0 Å². The zero-order chi connectivity index (χ0) is 13.8. The predicted octanol–water partition coefficient (Wildman–Crippen LogP) is 3.91. The summed E-state index contributed by atoms with van der Waals surface area (Å²) in [4.78, 5) is 0. The van der Waals surface area contributed by atoms with Gasteiger partial charge in [-0.1, -0.05) is 36.4 Å². The van der Waals surface area contributed by atoms with Crippen molar-refractivity contribution in [2.75, 3.05) is 5.32 Å². The first-order valence-electron chi connectivity index (χ1n) is 6.53. The van der Waals surface area contributed by atoms with Gasteiger partial charge < -0.3 is 9.73 Å². The Balaban J connectivity index is 1.77. The van der Waals surface area contributed by atoms with Crippen LogP contribution in [0, 0.1) is 0 Å². The molecule has 3 aromatic rings. The largest absolute Gasteiger partial charge is 0.418 e. The van der Waals surface area contributed by atoms with Crippen molar-refractivity contribution in [3.63, 3.8) is 0 Å². The number of rotatable bonds is 4. The van der Waals surface area contributed by atoms with E-state index in [0.29, 0.717) is 11.8 Å². The van der Waals surface area contributed by atoms with Crippen LogP contribution < -0.4 is 5.32 Å². The molecule has 100 valence electrons. The fraction of sp³-hybridized carbons (Fsp3) is 0.125. The summed E-state index contributed by atoms with van der Waals surface area (Å²) in [5, 5.41) is 11.5. The summed E-state index contributed by atoms with van der Waals surface area (Å²) in [5.74, 6) is 1.12. The number of nitrogens with zero attached hydrogens (tertiary/aromatic N) is 2. The van der Waals surface area contributed by atoms with E-state index >= 15 is 0 Å². The highest BCUT2D eigenvalue weighted by molar-refractivity contribution is 5.52. The quantitative estimate of drug-likeness (QED) is 0.777. The molecule has 1 aromatic heterocycles. The van der Waals surface area contributed by atoms with Crippen LogP contribution >= 0.6 is 0 Å². The minimum Gasteiger partial charge on any atom is -0.418 e. The van der Waals surface area contributed by atoms with E-state index < -0.39 is 0 Å². The van der Waals surface area contributed by atoms with E-state index in [9.17, 15) is 0 Å². The topological polar surface area (TPSA) is 51.0 Å². The Morgan fingerprint density at radius 2 is 1.55 bits per heavy atom. The Kier molecular flexibility index (Phi) is 3.46. The van der Waals surface area contributed by atoms with Crippen molar-refractivity contribution in [1.29, 1.82) is 0 Å². The Labute approximate surface area is 117 Å². The first-order valence-corrected chi connectivity index (χ1v) is 6.53. The van der Waals surface area contributed by atoms with Crippen molar-refractivity contribution < 1.29 is 4.42 Å². The summed E-state index contributed by atoms with van der Waals surface area (Å²) in [6.07, 6.45) is 0. The van der Waals surface area contributed by atoms with E-state index in [2.05, 4.69) is 15.5 Å². The lowest BCUT2D eigenvalue weighted by Gasteiger charge is -2.10. The van der Waals surface area contributed by atoms with Gasteiger partial charge in [-0.3, -0.25) is 0 Å². The van der Waals surface area contributed by atoms with E-state index in [1.54, 1.807) is 0 Å². The van der Waals surface area contributed by atoms with E-state index in [1.807, 2.05) is 67.6 Å². The monoisotopic (exact) mass is 265 g/mol. The highest BCUT2D eigenvalue weighted by atomic mass is 16.4. The van der Waals surface area contributed by atoms with Crippen molar-refractivity contribution in [2.24, 2.45) is 0 Å². The first-order chi connectivity index (χ1) is 9.83. The third-order valence-corrected chi connectivity index (χ3v) is 2.99. The number of hydrogen-bond donors (Lipinski definition) is 1. The smallest absolute Gasteiger partial charge is 0.247 e. The fourth-order valence-corrected chi connectivity index (χ4v) is 1.95. The van der Waals surface area contributed by atoms with Gasteiger partial charge in [0.25, 0.3) is 0 Å². The second kappa shape index (κ2) is 5.57. The first kappa shape index (κ1) is 12.4. The molecular formula is C16H15N3O. The van der Waals surface area contributed by atoms with E-state index in [-0.39, 0.29) is 6.04 Å². The van der Waals surface area contributed by atoms with Gasteiger partial charge in [0.05, 0.1) is 0 Å². The third kappa shape index (κ3) is 2.69. The van der Waals surface area contributed by atoms with Crippen molar-refractivity contribution >= 4 is 5.69 Å². The summed E-state index contributed by atoms with van der Waals surface area (Å²) < 4.78 is 5.72. The van der Waals surface area contributed by atoms with Crippen molar-refractivity contribution in [3.8, 4) is 11.5 Å². The molecule has 0 aliphatic carbocycles. The molecule has 0 fully saturated rings. The standard InChI is InChI=1S/C16H15N3O/c1-12(17-14-10-6-3-7-11-14)15-18-19-16(20-15)13-8-4-2-5-9-13/h2-12,17H,1H3. The molecule has 0 spiro atoms. The number of anilines is 1. The maximum absolute atomic E-state index is 5.72. The van der Waals surface area contributed by atoms with Gasteiger partial charge in [0.2, 0.25) is 11.8 Å². The van der Waals surface area contributed by atoms with Gasteiger partial charge in [-0.15, -0.1) is 10.2 Å². The van der Waals surface area contributed by atoms with Crippen LogP contribution in [0.3, 0.4) is 0 Å². The van der Waals surface area contributed by atoms with Crippen LogP contribution in [0.2, 0.25) is 0 Å². The molecule has 2 aromatic carbocycles. The zero-order valence-electron chi connectivity index (χ0n) is 11.2. The SMILES string of the molecule is CC(Nc1ccccc1)c1nnc(-c2ccccc2)o1. The average Bonchev–Trinajstić information content (AvgIpc) is 2.99. The van der Waals surface area contributed by atoms with Crippen LogP contribution in [0.25, 0.3) is 11.5 Å². The van der Waals surface area contributed by atoms with Gasteiger partial charge in [-0.05, 0) is 31.2 Å². The summed E-state index contributed by atoms with van der Waals surface area (Å²) in [6.45, 7) is 2.00. The van der Waals surface area contributed by atoms with E-state index in [0.717, 1.165) is 11.3 Å². The minimum atomic E-state index is -0.0395. The molecule has 0 amide bonds. The Hall–Kier alpha value is -2.62. The molecule has 0 radical (unpaired) electrons. The molecule has 0 saturated heterocycles. The summed E-state index contributed by atoms with van der Waals surface area (Å²) in [7, 11) is 0. The van der Waals surface area contributed by atoms with Crippen LogP contribution in [0.15, 0.2) is 65.1 Å². The van der Waals surface area contributed by atoms with Crippen molar-refractivity contribution in [1.82, 2.24) is 10.2 Å². The molecule has 1 atom stereocenters. The molecule has 1 unspecified atom stereocenters. The lowest BCUT2D eigenvalue weighted by atomic mass is 10.2. The molecule has 4 heteroatoms. The molecule has 0 bridgehead atoms. The fourth-order valence-electron chi connectivity index (χ4n) is 1.95. The van der Waals surface area contributed by atoms with Crippen LogP contribution in [0.1, 0.15) is 18.9 Å². The van der Waals surface area contributed by atoms with Gasteiger partial charge in [-0.25, -0.2) is 0 Å². The van der Waals surface area contributed by atoms with Gasteiger partial charge in [0, 0.05) is 11.3 Å². The summed E-state index contributed by atoms with van der Waals surface area (Å²) in [6, 6.07) is 19.7. The molecular weight excluding hydrogens is 250 g/mol. The highest BCUT2D eigenvalue weighted by Gasteiger charge is 2.14. The van der Waals surface area contributed by atoms with E-state index in [4.69, 9.17) is 4.42 Å². The van der Waals surface area contributed by atoms with Crippen LogP contribution in [0.4, 0.5) is 5.69 Å². The Morgan fingerprint density at radius 1 is 0.900 bits per heavy atom. The second-order valence-electron chi connectivity index (χ2n) is 4.54. The normalized spacial score (nSPS) is 12.1. The molecule has 0 saturated carbocycles. The predicted molar refractivity (Wildman–Crippen MR) is 78.2 cm³/mol. The van der Waals surface area contributed by atoms with Gasteiger partial charge >= 0.3 is 0 Å². The average molecular weight is 265 g/mol. The Bertz CT molecular complexity index is 664. The molecule has 4 nitrogen and oxygen atoms in total. The van der Waals surface area contributed by atoms with Crippen LogP contribution in [-0.4, -0.2) is 10.2 Å². The molecule has 20 heavy (non-hydrogen) atoms. The summed E-state index contributed by atoms with van der Waals surface area (Å²) >= 11 is 0. The Morgan fingerprint density at radius 3 is 2.25 bits per heavy atom.